The van der Waals surface area contributed by atoms with E-state index in [9.17, 15) is 14.4 Å². The van der Waals surface area contributed by atoms with Crippen LogP contribution in [0.15, 0.2) is 29.3 Å². The zero-order valence-electron chi connectivity index (χ0n) is 18.6. The van der Waals surface area contributed by atoms with Gasteiger partial charge < -0.3 is 19.9 Å². The Balaban J connectivity index is 1.65. The Morgan fingerprint density at radius 3 is 2.47 bits per heavy atom. The van der Waals surface area contributed by atoms with Crippen LogP contribution in [0.4, 0.5) is 4.79 Å². The Bertz CT molecular complexity index is 1030. The smallest absolute Gasteiger partial charge is 0.408 e. The van der Waals surface area contributed by atoms with E-state index in [0.29, 0.717) is 37.4 Å². The van der Waals surface area contributed by atoms with Crippen LogP contribution in [0.3, 0.4) is 0 Å². The van der Waals surface area contributed by atoms with Gasteiger partial charge >= 0.3 is 6.09 Å². The maximum absolute atomic E-state index is 12.8. The van der Waals surface area contributed by atoms with Gasteiger partial charge in [-0.3, -0.25) is 14.6 Å². The number of alkyl carbamates (subject to hydrolysis) is 1. The van der Waals surface area contributed by atoms with E-state index in [-0.39, 0.29) is 16.8 Å². The molecule has 2 aromatic rings. The summed E-state index contributed by atoms with van der Waals surface area (Å²) in [6, 6.07) is 2.81. The Morgan fingerprint density at radius 1 is 1.25 bits per heavy atom. The average molecular weight is 462 g/mol. The van der Waals surface area contributed by atoms with Gasteiger partial charge in [-0.05, 0) is 52.7 Å². The largest absolute Gasteiger partial charge is 0.444 e. The van der Waals surface area contributed by atoms with Crippen molar-refractivity contribution >= 4 is 23.6 Å². The number of carbonyl (C=O) groups excluding carboxylic acids is 2. The van der Waals surface area contributed by atoms with Gasteiger partial charge in [-0.15, -0.1) is 0 Å². The van der Waals surface area contributed by atoms with Crippen LogP contribution in [0.1, 0.15) is 52.1 Å². The fourth-order valence-electron chi connectivity index (χ4n) is 3.59. The van der Waals surface area contributed by atoms with Crippen LogP contribution in [0.25, 0.3) is 11.4 Å². The number of aromatic nitrogens is 3. The first-order valence-electron chi connectivity index (χ1n) is 10.5. The summed E-state index contributed by atoms with van der Waals surface area (Å²) in [5.41, 5.74) is 0.246. The van der Waals surface area contributed by atoms with Crippen molar-refractivity contribution in [3.63, 3.8) is 0 Å². The lowest BCUT2D eigenvalue weighted by molar-refractivity contribution is -0.134. The number of halogens is 1. The molecule has 1 aliphatic rings. The third-order valence-corrected chi connectivity index (χ3v) is 5.50. The predicted octanol–water partition coefficient (Wildman–Crippen LogP) is 3.10. The van der Waals surface area contributed by atoms with Gasteiger partial charge in [0.25, 0.3) is 5.56 Å². The topological polar surface area (TPSA) is 117 Å². The Morgan fingerprint density at radius 2 is 1.88 bits per heavy atom. The number of amides is 2. The van der Waals surface area contributed by atoms with Crippen LogP contribution in [-0.2, 0) is 9.53 Å². The molecule has 32 heavy (non-hydrogen) atoms. The van der Waals surface area contributed by atoms with Crippen molar-refractivity contribution in [2.75, 3.05) is 13.1 Å². The van der Waals surface area contributed by atoms with Crippen LogP contribution in [-0.4, -0.2) is 56.6 Å². The number of piperidine rings is 1. The quantitative estimate of drug-likeness (QED) is 0.722. The van der Waals surface area contributed by atoms with E-state index >= 15 is 0 Å². The molecule has 2 N–H and O–H groups in total. The van der Waals surface area contributed by atoms with Crippen molar-refractivity contribution in [1.82, 2.24) is 25.2 Å². The molecular weight excluding hydrogens is 434 g/mol. The van der Waals surface area contributed by atoms with E-state index in [1.807, 2.05) is 0 Å². The summed E-state index contributed by atoms with van der Waals surface area (Å²) in [6.45, 7) is 7.86. The van der Waals surface area contributed by atoms with Gasteiger partial charge in [0.2, 0.25) is 5.91 Å². The van der Waals surface area contributed by atoms with E-state index in [0.717, 1.165) is 5.56 Å². The number of ether oxygens (including phenoxy) is 1. The molecule has 172 valence electrons. The van der Waals surface area contributed by atoms with E-state index in [1.165, 1.54) is 0 Å². The van der Waals surface area contributed by atoms with Crippen LogP contribution >= 0.6 is 11.6 Å². The zero-order chi connectivity index (χ0) is 23.5. The fraction of sp³-hybridized carbons (Fsp3) is 0.500. The van der Waals surface area contributed by atoms with E-state index < -0.39 is 23.3 Å². The van der Waals surface area contributed by atoms with Crippen LogP contribution in [0, 0.1) is 0 Å². The summed E-state index contributed by atoms with van der Waals surface area (Å²) in [4.78, 5) is 50.1. The number of carbonyl (C=O) groups is 2. The van der Waals surface area contributed by atoms with Crippen molar-refractivity contribution in [1.29, 1.82) is 0 Å². The molecule has 2 aromatic heterocycles. The summed E-state index contributed by atoms with van der Waals surface area (Å²) in [5, 5.41) is 2.66. The Kier molecular flexibility index (Phi) is 7.18. The Hall–Kier alpha value is -2.94. The summed E-state index contributed by atoms with van der Waals surface area (Å²) >= 11 is 6.28. The number of nitrogens with one attached hydrogen (secondary N) is 2. The normalized spacial score (nSPS) is 15.8. The number of aromatic amines is 1. The summed E-state index contributed by atoms with van der Waals surface area (Å²) in [7, 11) is 0. The third-order valence-electron chi connectivity index (χ3n) is 5.14. The van der Waals surface area contributed by atoms with Crippen molar-refractivity contribution in [3.8, 4) is 11.4 Å². The summed E-state index contributed by atoms with van der Waals surface area (Å²) in [5.74, 6) is 0.200. The molecular formula is C22H28ClN5O4. The van der Waals surface area contributed by atoms with E-state index in [4.69, 9.17) is 16.3 Å². The predicted molar refractivity (Wildman–Crippen MR) is 120 cm³/mol. The highest BCUT2D eigenvalue weighted by Crippen LogP contribution is 2.31. The van der Waals surface area contributed by atoms with Gasteiger partial charge in [0, 0.05) is 37.0 Å². The van der Waals surface area contributed by atoms with Crippen LogP contribution in [0.5, 0.6) is 0 Å². The molecule has 0 aromatic carbocycles. The fourth-order valence-corrected chi connectivity index (χ4v) is 3.83. The average Bonchev–Trinajstić information content (AvgIpc) is 2.74. The van der Waals surface area contributed by atoms with Gasteiger partial charge in [-0.1, -0.05) is 11.6 Å². The first-order chi connectivity index (χ1) is 15.0. The number of hydrogen-bond acceptors (Lipinski definition) is 6. The molecule has 9 nitrogen and oxygen atoms in total. The molecule has 1 aliphatic heterocycles. The molecule has 0 aliphatic carbocycles. The summed E-state index contributed by atoms with van der Waals surface area (Å²) in [6.07, 6.45) is 3.84. The number of rotatable bonds is 4. The van der Waals surface area contributed by atoms with E-state index in [1.54, 1.807) is 57.1 Å². The first kappa shape index (κ1) is 23.7. The first-order valence-corrected chi connectivity index (χ1v) is 10.9. The molecule has 1 unspecified atom stereocenters. The molecule has 0 bridgehead atoms. The Labute approximate surface area is 191 Å². The number of hydrogen-bond donors (Lipinski definition) is 2. The van der Waals surface area contributed by atoms with Gasteiger partial charge in [0.1, 0.15) is 22.5 Å². The highest BCUT2D eigenvalue weighted by Gasteiger charge is 2.30. The second kappa shape index (κ2) is 9.68. The molecule has 1 fully saturated rings. The lowest BCUT2D eigenvalue weighted by Crippen LogP contribution is -2.50. The lowest BCUT2D eigenvalue weighted by Gasteiger charge is -2.33. The SMILES string of the molecule is CC(NC(=O)OC(C)(C)C)C(=O)N1CCC(c2nc(-c3ccncc3)[nH]c(=O)c2Cl)CC1. The molecule has 2 amide bonds. The minimum absolute atomic E-state index is 0.0523. The second-order valence-corrected chi connectivity index (χ2v) is 9.20. The standard InChI is InChI=1S/C22H28ClN5O4/c1-13(25-21(31)32-22(2,3)4)20(30)28-11-7-14(8-12-28)17-16(23)19(29)27-18(26-17)15-5-9-24-10-6-15/h5-6,9-10,13-14H,7-8,11-12H2,1-4H3,(H,25,31)(H,26,27,29). The summed E-state index contributed by atoms with van der Waals surface area (Å²) < 4.78 is 5.21. The van der Waals surface area contributed by atoms with Gasteiger partial charge in [0.15, 0.2) is 0 Å². The van der Waals surface area contributed by atoms with Crippen LogP contribution < -0.4 is 10.9 Å². The number of pyridine rings is 1. The highest BCUT2D eigenvalue weighted by molar-refractivity contribution is 6.31. The maximum atomic E-state index is 12.8. The molecule has 3 heterocycles. The van der Waals surface area contributed by atoms with Crippen LogP contribution in [0.2, 0.25) is 5.02 Å². The third kappa shape index (κ3) is 5.85. The van der Waals surface area contributed by atoms with Crippen molar-refractivity contribution in [2.45, 2.75) is 58.1 Å². The minimum Gasteiger partial charge on any atom is -0.444 e. The number of likely N-dealkylation sites (tertiary alicyclic amines) is 1. The van der Waals surface area contributed by atoms with Crippen molar-refractivity contribution in [2.24, 2.45) is 0 Å². The lowest BCUT2D eigenvalue weighted by atomic mass is 9.92. The number of nitrogens with zero attached hydrogens (tertiary/aromatic N) is 3. The van der Waals surface area contributed by atoms with Gasteiger partial charge in [0.05, 0.1) is 5.69 Å². The molecule has 3 rings (SSSR count). The van der Waals surface area contributed by atoms with Crippen molar-refractivity contribution in [3.05, 3.63) is 45.6 Å². The van der Waals surface area contributed by atoms with E-state index in [2.05, 4.69) is 20.3 Å². The van der Waals surface area contributed by atoms with Crippen molar-refractivity contribution < 1.29 is 14.3 Å². The minimum atomic E-state index is -0.707. The van der Waals surface area contributed by atoms with Gasteiger partial charge in [-0.2, -0.15) is 0 Å². The monoisotopic (exact) mass is 461 g/mol. The second-order valence-electron chi connectivity index (χ2n) is 8.82. The maximum Gasteiger partial charge on any atom is 0.408 e. The zero-order valence-corrected chi connectivity index (χ0v) is 19.4. The highest BCUT2D eigenvalue weighted by atomic mass is 35.5. The molecule has 0 radical (unpaired) electrons. The molecule has 0 spiro atoms. The number of H-pyrrole nitrogens is 1. The molecule has 10 heteroatoms. The van der Waals surface area contributed by atoms with Gasteiger partial charge in [-0.25, -0.2) is 9.78 Å². The molecule has 0 saturated carbocycles. The molecule has 1 atom stereocenters. The molecule has 1 saturated heterocycles.